The van der Waals surface area contributed by atoms with Crippen LogP contribution >= 0.6 is 0 Å². The summed E-state index contributed by atoms with van der Waals surface area (Å²) in [4.78, 5) is 15.7. The minimum absolute atomic E-state index is 0.0105. The average Bonchev–Trinajstić information content (AvgIpc) is 2.78. The number of rotatable bonds is 0. The second kappa shape index (κ2) is 3.72. The Morgan fingerprint density at radius 3 is 2.68 bits per heavy atom. The molecule has 1 amide bonds. The third-order valence-electron chi connectivity index (χ3n) is 3.66. The molecule has 4 rings (SSSR count). The molecule has 0 saturated heterocycles. The van der Waals surface area contributed by atoms with E-state index in [0.717, 1.165) is 33.3 Å². The zero-order chi connectivity index (χ0) is 12.8. The van der Waals surface area contributed by atoms with Gasteiger partial charge >= 0.3 is 0 Å². The SMILES string of the molecule is O=C1NCc2ccccc2-c2[nH]c3ccccc3c21. The molecule has 0 atom stereocenters. The van der Waals surface area contributed by atoms with Gasteiger partial charge in [-0.15, -0.1) is 0 Å². The minimum Gasteiger partial charge on any atom is -0.354 e. The van der Waals surface area contributed by atoms with E-state index in [4.69, 9.17) is 0 Å². The highest BCUT2D eigenvalue weighted by atomic mass is 16.1. The fourth-order valence-electron chi connectivity index (χ4n) is 2.76. The summed E-state index contributed by atoms with van der Waals surface area (Å²) in [7, 11) is 0. The molecule has 2 aromatic carbocycles. The van der Waals surface area contributed by atoms with Gasteiger partial charge in [-0.2, -0.15) is 0 Å². The van der Waals surface area contributed by atoms with Crippen LogP contribution in [-0.4, -0.2) is 10.9 Å². The first-order valence-corrected chi connectivity index (χ1v) is 6.32. The van der Waals surface area contributed by atoms with Crippen LogP contribution in [0.4, 0.5) is 0 Å². The molecular weight excluding hydrogens is 236 g/mol. The summed E-state index contributed by atoms with van der Waals surface area (Å²) in [5.41, 5.74) is 4.92. The Kier molecular flexibility index (Phi) is 2.03. The van der Waals surface area contributed by atoms with E-state index in [-0.39, 0.29) is 5.91 Å². The number of aromatic amines is 1. The van der Waals surface area contributed by atoms with Crippen molar-refractivity contribution in [3.8, 4) is 11.3 Å². The molecule has 0 fully saturated rings. The van der Waals surface area contributed by atoms with Crippen LogP contribution in [0.1, 0.15) is 15.9 Å². The van der Waals surface area contributed by atoms with Crippen LogP contribution < -0.4 is 5.32 Å². The molecule has 1 aliphatic heterocycles. The van der Waals surface area contributed by atoms with Crippen LogP contribution in [0, 0.1) is 0 Å². The van der Waals surface area contributed by atoms with Gasteiger partial charge in [-0.1, -0.05) is 42.5 Å². The van der Waals surface area contributed by atoms with E-state index in [1.54, 1.807) is 0 Å². The van der Waals surface area contributed by atoms with Gasteiger partial charge in [0.05, 0.1) is 11.3 Å². The number of para-hydroxylation sites is 1. The van der Waals surface area contributed by atoms with Crippen molar-refractivity contribution in [2.45, 2.75) is 6.54 Å². The number of nitrogens with one attached hydrogen (secondary N) is 2. The maximum atomic E-state index is 12.3. The van der Waals surface area contributed by atoms with Crippen molar-refractivity contribution in [3.63, 3.8) is 0 Å². The van der Waals surface area contributed by atoms with E-state index in [2.05, 4.69) is 22.4 Å². The minimum atomic E-state index is -0.0105. The smallest absolute Gasteiger partial charge is 0.254 e. The largest absolute Gasteiger partial charge is 0.354 e. The Bertz CT molecular complexity index is 801. The molecule has 0 saturated carbocycles. The second-order valence-electron chi connectivity index (χ2n) is 4.76. The molecule has 3 nitrogen and oxygen atoms in total. The maximum absolute atomic E-state index is 12.3. The number of amides is 1. The van der Waals surface area contributed by atoms with Crippen molar-refractivity contribution < 1.29 is 4.79 Å². The fourth-order valence-corrected chi connectivity index (χ4v) is 2.76. The maximum Gasteiger partial charge on any atom is 0.254 e. The molecule has 2 N–H and O–H groups in total. The lowest BCUT2D eigenvalue weighted by molar-refractivity contribution is 0.0954. The lowest BCUT2D eigenvalue weighted by Crippen LogP contribution is -2.20. The molecule has 3 aromatic rings. The molecule has 0 bridgehead atoms. The van der Waals surface area contributed by atoms with Gasteiger partial charge < -0.3 is 10.3 Å². The van der Waals surface area contributed by atoms with Gasteiger partial charge in [-0.25, -0.2) is 0 Å². The molecule has 0 radical (unpaired) electrons. The molecule has 19 heavy (non-hydrogen) atoms. The molecule has 0 aliphatic carbocycles. The van der Waals surface area contributed by atoms with Crippen LogP contribution in [0.25, 0.3) is 22.2 Å². The number of H-pyrrole nitrogens is 1. The first kappa shape index (κ1) is 10.4. The predicted octanol–water partition coefficient (Wildman–Crippen LogP) is 3.08. The van der Waals surface area contributed by atoms with Crippen molar-refractivity contribution >= 4 is 16.8 Å². The number of fused-ring (bicyclic) bond motifs is 5. The van der Waals surface area contributed by atoms with Gasteiger partial charge in [0.15, 0.2) is 0 Å². The Hall–Kier alpha value is -2.55. The van der Waals surface area contributed by atoms with Crippen LogP contribution in [0.2, 0.25) is 0 Å². The summed E-state index contributed by atoms with van der Waals surface area (Å²) >= 11 is 0. The zero-order valence-electron chi connectivity index (χ0n) is 10.2. The summed E-state index contributed by atoms with van der Waals surface area (Å²) in [6.45, 7) is 0.575. The van der Waals surface area contributed by atoms with E-state index in [1.165, 1.54) is 0 Å². The van der Waals surface area contributed by atoms with Gasteiger partial charge in [-0.05, 0) is 11.6 Å². The van der Waals surface area contributed by atoms with Crippen molar-refractivity contribution in [3.05, 3.63) is 59.7 Å². The Labute approximate surface area is 110 Å². The van der Waals surface area contributed by atoms with Crippen LogP contribution in [0.3, 0.4) is 0 Å². The molecule has 1 aliphatic rings. The van der Waals surface area contributed by atoms with Gasteiger partial charge in [0.2, 0.25) is 0 Å². The first-order valence-electron chi connectivity index (χ1n) is 6.32. The highest BCUT2D eigenvalue weighted by Gasteiger charge is 2.23. The van der Waals surface area contributed by atoms with Gasteiger partial charge in [0, 0.05) is 23.0 Å². The molecule has 0 spiro atoms. The lowest BCUT2D eigenvalue weighted by atomic mass is 10.0. The third kappa shape index (κ3) is 1.41. The molecule has 0 unspecified atom stereocenters. The number of hydrogen-bond donors (Lipinski definition) is 2. The van der Waals surface area contributed by atoms with Gasteiger partial charge in [0.25, 0.3) is 5.91 Å². The molecule has 1 aromatic heterocycles. The Morgan fingerprint density at radius 2 is 1.74 bits per heavy atom. The zero-order valence-corrected chi connectivity index (χ0v) is 10.2. The van der Waals surface area contributed by atoms with Crippen molar-refractivity contribution in [2.24, 2.45) is 0 Å². The number of hydrogen-bond acceptors (Lipinski definition) is 1. The number of carbonyl (C=O) groups excluding carboxylic acids is 1. The summed E-state index contributed by atoms with van der Waals surface area (Å²) in [5.74, 6) is -0.0105. The summed E-state index contributed by atoms with van der Waals surface area (Å²) in [6, 6.07) is 16.0. The average molecular weight is 248 g/mol. The Balaban J connectivity index is 2.14. The van der Waals surface area contributed by atoms with Crippen LogP contribution in [-0.2, 0) is 6.54 Å². The summed E-state index contributed by atoms with van der Waals surface area (Å²) in [6.07, 6.45) is 0. The molecule has 92 valence electrons. The fraction of sp³-hybridized carbons (Fsp3) is 0.0625. The van der Waals surface area contributed by atoms with E-state index in [9.17, 15) is 4.79 Å². The number of benzene rings is 2. The summed E-state index contributed by atoms with van der Waals surface area (Å²) in [5, 5.41) is 3.95. The normalized spacial score (nSPS) is 13.6. The van der Waals surface area contributed by atoms with E-state index in [0.29, 0.717) is 6.54 Å². The molecule has 2 heterocycles. The van der Waals surface area contributed by atoms with Crippen LogP contribution in [0.5, 0.6) is 0 Å². The standard InChI is InChI=1S/C16H12N2O/c19-16-14-12-7-3-4-8-13(12)18-15(14)11-6-2-1-5-10(11)9-17-16/h1-8,18H,9H2,(H,17,19). The van der Waals surface area contributed by atoms with E-state index in [1.807, 2.05) is 36.4 Å². The third-order valence-corrected chi connectivity index (χ3v) is 3.66. The summed E-state index contributed by atoms with van der Waals surface area (Å²) < 4.78 is 0. The quantitative estimate of drug-likeness (QED) is 0.631. The van der Waals surface area contributed by atoms with Crippen molar-refractivity contribution in [1.29, 1.82) is 0 Å². The lowest BCUT2D eigenvalue weighted by Gasteiger charge is -2.04. The van der Waals surface area contributed by atoms with Crippen molar-refractivity contribution in [1.82, 2.24) is 10.3 Å². The number of aromatic nitrogens is 1. The second-order valence-corrected chi connectivity index (χ2v) is 4.76. The topological polar surface area (TPSA) is 44.9 Å². The van der Waals surface area contributed by atoms with E-state index < -0.39 is 0 Å². The molecule has 3 heteroatoms. The monoisotopic (exact) mass is 248 g/mol. The Morgan fingerprint density at radius 1 is 0.947 bits per heavy atom. The highest BCUT2D eigenvalue weighted by Crippen LogP contribution is 2.33. The highest BCUT2D eigenvalue weighted by molar-refractivity contribution is 6.13. The first-order chi connectivity index (χ1) is 9.34. The molecular formula is C16H12N2O. The predicted molar refractivity (Wildman–Crippen MR) is 74.9 cm³/mol. The van der Waals surface area contributed by atoms with Crippen molar-refractivity contribution in [2.75, 3.05) is 0 Å². The van der Waals surface area contributed by atoms with Crippen LogP contribution in [0.15, 0.2) is 48.5 Å². The van der Waals surface area contributed by atoms with E-state index >= 15 is 0 Å². The van der Waals surface area contributed by atoms with Gasteiger partial charge in [-0.3, -0.25) is 4.79 Å². The van der Waals surface area contributed by atoms with Gasteiger partial charge in [0.1, 0.15) is 0 Å². The number of carbonyl (C=O) groups is 1.